The fourth-order valence-corrected chi connectivity index (χ4v) is 2.85. The normalized spacial score (nSPS) is 10.3. The Kier molecular flexibility index (Phi) is 4.77. The van der Waals surface area contributed by atoms with Crippen LogP contribution in [0.3, 0.4) is 0 Å². The third-order valence-electron chi connectivity index (χ3n) is 2.71. The van der Waals surface area contributed by atoms with E-state index in [0.29, 0.717) is 12.1 Å². The second-order valence-electron chi connectivity index (χ2n) is 4.30. The van der Waals surface area contributed by atoms with Crippen molar-refractivity contribution in [3.63, 3.8) is 0 Å². The number of benzene rings is 2. The van der Waals surface area contributed by atoms with Gasteiger partial charge in [0.1, 0.15) is 0 Å². The number of halogens is 2. The zero-order valence-electron chi connectivity index (χ0n) is 10.4. The predicted molar refractivity (Wildman–Crippen MR) is 84.2 cm³/mol. The molecule has 1 N–H and O–H groups in total. The van der Waals surface area contributed by atoms with Crippen LogP contribution in [-0.4, -0.2) is 5.91 Å². The second-order valence-corrected chi connectivity index (χ2v) is 6.07. The third-order valence-corrected chi connectivity index (χ3v) is 3.86. The van der Waals surface area contributed by atoms with E-state index < -0.39 is 0 Å². The fraction of sp³-hybridized carbons (Fsp3) is 0.133. The number of carbonyl (C=O) groups excluding carboxylic acids is 1. The van der Waals surface area contributed by atoms with E-state index in [0.717, 1.165) is 20.1 Å². The minimum atomic E-state index is -0.0770. The highest BCUT2D eigenvalue weighted by Gasteiger charge is 2.09. The van der Waals surface area contributed by atoms with E-state index in [-0.39, 0.29) is 5.91 Å². The topological polar surface area (TPSA) is 29.1 Å². The van der Waals surface area contributed by atoms with Crippen molar-refractivity contribution in [1.29, 1.82) is 0 Å². The lowest BCUT2D eigenvalue weighted by molar-refractivity contribution is 0.0950. The van der Waals surface area contributed by atoms with Gasteiger partial charge >= 0.3 is 0 Å². The van der Waals surface area contributed by atoms with E-state index >= 15 is 0 Å². The van der Waals surface area contributed by atoms with Crippen LogP contribution >= 0.6 is 31.9 Å². The van der Waals surface area contributed by atoms with E-state index in [9.17, 15) is 4.79 Å². The molecule has 0 saturated heterocycles. The first-order valence-corrected chi connectivity index (χ1v) is 7.43. The van der Waals surface area contributed by atoms with Gasteiger partial charge in [0.15, 0.2) is 0 Å². The van der Waals surface area contributed by atoms with Crippen molar-refractivity contribution >= 4 is 37.8 Å². The fourth-order valence-electron chi connectivity index (χ4n) is 1.73. The summed E-state index contributed by atoms with van der Waals surface area (Å²) in [6.45, 7) is 2.51. The number of carbonyl (C=O) groups is 1. The van der Waals surface area contributed by atoms with Crippen LogP contribution in [0.25, 0.3) is 0 Å². The third kappa shape index (κ3) is 3.91. The number of nitrogens with one attached hydrogen (secondary N) is 1. The highest BCUT2D eigenvalue weighted by atomic mass is 79.9. The minimum Gasteiger partial charge on any atom is -0.348 e. The van der Waals surface area contributed by atoms with Crippen LogP contribution in [0.15, 0.2) is 51.4 Å². The first-order chi connectivity index (χ1) is 9.06. The maximum atomic E-state index is 12.1. The van der Waals surface area contributed by atoms with E-state index in [4.69, 9.17) is 0 Å². The molecule has 1 amide bonds. The molecule has 2 aromatic rings. The molecule has 2 aromatic carbocycles. The lowest BCUT2D eigenvalue weighted by Crippen LogP contribution is -2.23. The summed E-state index contributed by atoms with van der Waals surface area (Å²) in [7, 11) is 0. The molecule has 0 aliphatic carbocycles. The summed E-state index contributed by atoms with van der Waals surface area (Å²) >= 11 is 6.83. The van der Waals surface area contributed by atoms with E-state index in [1.54, 1.807) is 0 Å². The molecule has 19 heavy (non-hydrogen) atoms. The molecule has 0 atom stereocenters. The van der Waals surface area contributed by atoms with Gasteiger partial charge in [-0.05, 0) is 58.2 Å². The van der Waals surface area contributed by atoms with E-state index in [1.807, 2.05) is 49.4 Å². The Morgan fingerprint density at radius 3 is 2.63 bits per heavy atom. The molecular weight excluding hydrogens is 370 g/mol. The van der Waals surface area contributed by atoms with Crippen molar-refractivity contribution in [3.05, 3.63) is 68.1 Å². The van der Waals surface area contributed by atoms with Gasteiger partial charge in [-0.3, -0.25) is 4.79 Å². The van der Waals surface area contributed by atoms with Gasteiger partial charge in [-0.2, -0.15) is 0 Å². The van der Waals surface area contributed by atoms with Crippen LogP contribution in [0.4, 0.5) is 0 Å². The summed E-state index contributed by atoms with van der Waals surface area (Å²) in [6, 6.07) is 13.6. The summed E-state index contributed by atoms with van der Waals surface area (Å²) in [5, 5.41) is 2.91. The molecule has 0 bridgehead atoms. The maximum Gasteiger partial charge on any atom is 0.252 e. The Balaban J connectivity index is 2.05. The van der Waals surface area contributed by atoms with Crippen molar-refractivity contribution < 1.29 is 4.79 Å². The largest absolute Gasteiger partial charge is 0.348 e. The molecule has 2 rings (SSSR count). The average Bonchev–Trinajstić information content (AvgIpc) is 2.36. The molecule has 2 nitrogen and oxygen atoms in total. The Bertz CT molecular complexity index is 611. The van der Waals surface area contributed by atoms with Crippen LogP contribution in [0, 0.1) is 6.92 Å². The van der Waals surface area contributed by atoms with Gasteiger partial charge < -0.3 is 5.32 Å². The highest BCUT2D eigenvalue weighted by molar-refractivity contribution is 9.10. The number of hydrogen-bond donors (Lipinski definition) is 1. The molecule has 0 aliphatic rings. The lowest BCUT2D eigenvalue weighted by Gasteiger charge is -2.08. The van der Waals surface area contributed by atoms with E-state index in [2.05, 4.69) is 37.2 Å². The van der Waals surface area contributed by atoms with Gasteiger partial charge in [0.2, 0.25) is 0 Å². The molecule has 98 valence electrons. The highest BCUT2D eigenvalue weighted by Crippen LogP contribution is 2.18. The van der Waals surface area contributed by atoms with Gasteiger partial charge in [0, 0.05) is 15.5 Å². The first kappa shape index (κ1) is 14.3. The van der Waals surface area contributed by atoms with Crippen LogP contribution < -0.4 is 5.32 Å². The van der Waals surface area contributed by atoms with E-state index in [1.165, 1.54) is 0 Å². The van der Waals surface area contributed by atoms with Crippen molar-refractivity contribution in [2.75, 3.05) is 0 Å². The first-order valence-electron chi connectivity index (χ1n) is 5.85. The Morgan fingerprint density at radius 2 is 1.95 bits per heavy atom. The molecule has 0 spiro atoms. The summed E-state index contributed by atoms with van der Waals surface area (Å²) in [5.41, 5.74) is 2.84. The Labute approximate surface area is 129 Å². The number of amides is 1. The average molecular weight is 383 g/mol. The summed E-state index contributed by atoms with van der Waals surface area (Å²) in [4.78, 5) is 12.1. The minimum absolute atomic E-state index is 0.0770. The van der Waals surface area contributed by atoms with Gasteiger partial charge in [0.05, 0.1) is 5.56 Å². The van der Waals surface area contributed by atoms with Crippen molar-refractivity contribution in [1.82, 2.24) is 5.32 Å². The summed E-state index contributed by atoms with van der Waals surface area (Å²) in [5.74, 6) is -0.0770. The predicted octanol–water partition coefficient (Wildman–Crippen LogP) is 4.45. The van der Waals surface area contributed by atoms with Crippen LogP contribution in [-0.2, 0) is 6.54 Å². The Hall–Kier alpha value is -1.13. The van der Waals surface area contributed by atoms with Gasteiger partial charge in [-0.25, -0.2) is 0 Å². The quantitative estimate of drug-likeness (QED) is 0.834. The van der Waals surface area contributed by atoms with Crippen molar-refractivity contribution in [2.24, 2.45) is 0 Å². The number of aryl methyl sites for hydroxylation is 1. The lowest BCUT2D eigenvalue weighted by atomic mass is 10.1. The zero-order valence-corrected chi connectivity index (χ0v) is 13.6. The zero-order chi connectivity index (χ0) is 13.8. The summed E-state index contributed by atoms with van der Waals surface area (Å²) in [6.07, 6.45) is 0. The van der Waals surface area contributed by atoms with Crippen LogP contribution in [0.5, 0.6) is 0 Å². The molecule has 0 radical (unpaired) electrons. The SMILES string of the molecule is Cc1ccc(C(=O)NCc2cccc(Br)c2)c(Br)c1. The molecular formula is C15H13Br2NO. The standard InChI is InChI=1S/C15H13Br2NO/c1-10-5-6-13(14(17)7-10)15(19)18-9-11-3-2-4-12(16)8-11/h2-8H,9H2,1H3,(H,18,19). The smallest absolute Gasteiger partial charge is 0.252 e. The molecule has 0 saturated carbocycles. The molecule has 4 heteroatoms. The van der Waals surface area contributed by atoms with Gasteiger partial charge in [-0.15, -0.1) is 0 Å². The Morgan fingerprint density at radius 1 is 1.16 bits per heavy atom. The van der Waals surface area contributed by atoms with Crippen molar-refractivity contribution in [2.45, 2.75) is 13.5 Å². The molecule has 0 heterocycles. The number of hydrogen-bond acceptors (Lipinski definition) is 1. The second kappa shape index (κ2) is 6.35. The monoisotopic (exact) mass is 381 g/mol. The molecule has 0 fully saturated rings. The summed E-state index contributed by atoms with van der Waals surface area (Å²) < 4.78 is 1.83. The van der Waals surface area contributed by atoms with Gasteiger partial charge in [-0.1, -0.05) is 34.1 Å². The maximum absolute atomic E-state index is 12.1. The van der Waals surface area contributed by atoms with Crippen molar-refractivity contribution in [3.8, 4) is 0 Å². The molecule has 0 aliphatic heterocycles. The van der Waals surface area contributed by atoms with Crippen LogP contribution in [0.2, 0.25) is 0 Å². The van der Waals surface area contributed by atoms with Gasteiger partial charge in [0.25, 0.3) is 5.91 Å². The van der Waals surface area contributed by atoms with Crippen LogP contribution in [0.1, 0.15) is 21.5 Å². The molecule has 0 aromatic heterocycles. The number of rotatable bonds is 3. The molecule has 0 unspecified atom stereocenters.